The Labute approximate surface area is 199 Å². The summed E-state index contributed by atoms with van der Waals surface area (Å²) < 4.78 is 11.5. The molecule has 1 aliphatic rings. The maximum atomic E-state index is 12.1. The number of nitrogens with zero attached hydrogens (tertiary/aromatic N) is 1. The summed E-state index contributed by atoms with van der Waals surface area (Å²) in [6.07, 6.45) is 3.50. The maximum absolute atomic E-state index is 12.1. The van der Waals surface area contributed by atoms with Crippen LogP contribution in [0.15, 0.2) is 42.5 Å². The second kappa shape index (κ2) is 10.0. The molecule has 4 nitrogen and oxygen atoms in total. The number of hydrogen-bond donors (Lipinski definition) is 0. The van der Waals surface area contributed by atoms with E-state index in [-0.39, 0.29) is 17.5 Å². The lowest BCUT2D eigenvalue weighted by atomic mass is 9.71. The number of hydrogen-bond acceptors (Lipinski definition) is 4. The van der Waals surface area contributed by atoms with Gasteiger partial charge in [0.1, 0.15) is 5.75 Å². The normalized spacial score (nSPS) is 14.7. The van der Waals surface area contributed by atoms with Gasteiger partial charge in [-0.25, -0.2) is 4.79 Å². The molecule has 0 saturated carbocycles. The number of ether oxygens (including phenoxy) is 2. The average molecular weight is 450 g/mol. The largest absolute Gasteiger partial charge is 0.489 e. The quantitative estimate of drug-likeness (QED) is 0.390. The fraction of sp³-hybridized carbons (Fsp3) is 0.483. The fourth-order valence-corrected chi connectivity index (χ4v) is 4.54. The number of anilines is 2. The summed E-state index contributed by atoms with van der Waals surface area (Å²) in [6.45, 7) is 18.4. The molecule has 0 aliphatic heterocycles. The monoisotopic (exact) mass is 449 g/mol. The lowest BCUT2D eigenvalue weighted by Gasteiger charge is -2.36. The minimum Gasteiger partial charge on any atom is -0.489 e. The van der Waals surface area contributed by atoms with Gasteiger partial charge in [-0.15, -0.1) is 0 Å². The van der Waals surface area contributed by atoms with Gasteiger partial charge in [-0.1, -0.05) is 33.8 Å². The van der Waals surface area contributed by atoms with Crippen molar-refractivity contribution < 1.29 is 14.3 Å². The zero-order valence-corrected chi connectivity index (χ0v) is 21.5. The molecule has 1 aliphatic carbocycles. The van der Waals surface area contributed by atoms with Gasteiger partial charge in [0.25, 0.3) is 0 Å². The van der Waals surface area contributed by atoms with Crippen molar-refractivity contribution in [2.45, 2.75) is 73.3 Å². The Kier molecular flexibility index (Phi) is 7.56. The molecule has 0 unspecified atom stereocenters. The number of esters is 1. The third kappa shape index (κ3) is 5.26. The van der Waals surface area contributed by atoms with Crippen molar-refractivity contribution in [3.8, 4) is 5.75 Å². The van der Waals surface area contributed by atoms with E-state index in [4.69, 9.17) is 9.47 Å². The minimum atomic E-state index is -0.293. The molecule has 0 spiro atoms. The molecule has 0 radical (unpaired) electrons. The van der Waals surface area contributed by atoms with Crippen molar-refractivity contribution in [1.29, 1.82) is 0 Å². The first kappa shape index (κ1) is 24.9. The summed E-state index contributed by atoms with van der Waals surface area (Å²) in [4.78, 5) is 14.4. The van der Waals surface area contributed by atoms with Gasteiger partial charge in [-0.3, -0.25) is 0 Å². The molecular formula is C29H39NO3. The van der Waals surface area contributed by atoms with Gasteiger partial charge < -0.3 is 14.4 Å². The molecule has 0 N–H and O–H groups in total. The van der Waals surface area contributed by atoms with Gasteiger partial charge in [0.2, 0.25) is 0 Å². The van der Waals surface area contributed by atoms with Gasteiger partial charge >= 0.3 is 5.97 Å². The molecule has 33 heavy (non-hydrogen) atoms. The van der Waals surface area contributed by atoms with Crippen LogP contribution in [0.2, 0.25) is 0 Å². The molecule has 0 aromatic heterocycles. The molecule has 0 fully saturated rings. The van der Waals surface area contributed by atoms with E-state index in [1.54, 1.807) is 0 Å². The van der Waals surface area contributed by atoms with Crippen LogP contribution in [0.3, 0.4) is 0 Å². The topological polar surface area (TPSA) is 38.8 Å². The maximum Gasteiger partial charge on any atom is 0.338 e. The van der Waals surface area contributed by atoms with Crippen LogP contribution in [-0.4, -0.2) is 25.2 Å². The average Bonchev–Trinajstić information content (AvgIpc) is 2.75. The molecule has 0 amide bonds. The minimum absolute atomic E-state index is 0.0552. The SMILES string of the molecule is CCOC(=O)c1ccc(N(CC)c2cc3c(cc2OC(C)C)C(C)(C)CC=C3C(C)C)cc1. The van der Waals surface area contributed by atoms with E-state index >= 15 is 0 Å². The van der Waals surface area contributed by atoms with Crippen LogP contribution < -0.4 is 9.64 Å². The summed E-state index contributed by atoms with van der Waals surface area (Å²) in [7, 11) is 0. The highest BCUT2D eigenvalue weighted by Crippen LogP contribution is 2.47. The Balaban J connectivity index is 2.14. The Morgan fingerprint density at radius 2 is 1.73 bits per heavy atom. The molecule has 0 saturated heterocycles. The Morgan fingerprint density at radius 3 is 2.27 bits per heavy atom. The van der Waals surface area contributed by atoms with Crippen LogP contribution in [0.25, 0.3) is 5.57 Å². The van der Waals surface area contributed by atoms with E-state index in [1.165, 1.54) is 16.7 Å². The van der Waals surface area contributed by atoms with Crippen molar-refractivity contribution in [1.82, 2.24) is 0 Å². The lowest BCUT2D eigenvalue weighted by Crippen LogP contribution is -2.25. The van der Waals surface area contributed by atoms with E-state index in [9.17, 15) is 4.79 Å². The van der Waals surface area contributed by atoms with Crippen LogP contribution in [0.5, 0.6) is 5.75 Å². The van der Waals surface area contributed by atoms with Crippen LogP contribution >= 0.6 is 0 Å². The zero-order chi connectivity index (χ0) is 24.3. The standard InChI is InChI=1S/C29H39NO3/c1-9-30(22-13-11-21(12-14-22)28(31)32-10-2)26-17-24-23(19(3)4)15-16-29(7,8)25(24)18-27(26)33-20(5)6/h11-15,17-20H,9-10,16H2,1-8H3. The van der Waals surface area contributed by atoms with Crippen molar-refractivity contribution in [3.05, 3.63) is 59.2 Å². The van der Waals surface area contributed by atoms with E-state index < -0.39 is 0 Å². The predicted molar refractivity (Wildman–Crippen MR) is 138 cm³/mol. The second-order valence-electron chi connectivity index (χ2n) is 9.95. The number of benzene rings is 2. The number of fused-ring (bicyclic) bond motifs is 1. The molecule has 2 aromatic carbocycles. The third-order valence-electron chi connectivity index (χ3n) is 6.25. The third-order valence-corrected chi connectivity index (χ3v) is 6.25. The highest BCUT2D eigenvalue weighted by atomic mass is 16.5. The smallest absolute Gasteiger partial charge is 0.338 e. The fourth-order valence-electron chi connectivity index (χ4n) is 4.54. The Morgan fingerprint density at radius 1 is 1.06 bits per heavy atom. The predicted octanol–water partition coefficient (Wildman–Crippen LogP) is 7.53. The van der Waals surface area contributed by atoms with Gasteiger partial charge in [-0.05, 0) is 98.5 Å². The highest BCUT2D eigenvalue weighted by molar-refractivity contribution is 5.90. The first-order chi connectivity index (χ1) is 15.6. The number of allylic oxidation sites excluding steroid dienone is 2. The van der Waals surface area contributed by atoms with Crippen LogP contribution in [0.1, 0.15) is 83.3 Å². The molecule has 0 bridgehead atoms. The Hall–Kier alpha value is -2.75. The van der Waals surface area contributed by atoms with E-state index in [0.29, 0.717) is 18.1 Å². The van der Waals surface area contributed by atoms with Gasteiger partial charge in [-0.2, -0.15) is 0 Å². The van der Waals surface area contributed by atoms with Crippen LogP contribution in [0, 0.1) is 5.92 Å². The van der Waals surface area contributed by atoms with Crippen LogP contribution in [-0.2, 0) is 10.2 Å². The van der Waals surface area contributed by atoms with Crippen LogP contribution in [0.4, 0.5) is 11.4 Å². The molecular weight excluding hydrogens is 410 g/mol. The first-order valence-corrected chi connectivity index (χ1v) is 12.2. The van der Waals surface area contributed by atoms with E-state index in [1.807, 2.05) is 31.2 Å². The van der Waals surface area contributed by atoms with E-state index in [2.05, 4.69) is 71.6 Å². The summed E-state index contributed by atoms with van der Waals surface area (Å²) in [5.74, 6) is 1.06. The number of carbonyl (C=O) groups is 1. The lowest BCUT2D eigenvalue weighted by molar-refractivity contribution is 0.0526. The van der Waals surface area contributed by atoms with E-state index in [0.717, 1.165) is 30.1 Å². The van der Waals surface area contributed by atoms with Gasteiger partial charge in [0, 0.05) is 12.2 Å². The summed E-state index contributed by atoms with van der Waals surface area (Å²) in [5.41, 5.74) is 6.75. The van der Waals surface area contributed by atoms with Crippen molar-refractivity contribution in [3.63, 3.8) is 0 Å². The van der Waals surface area contributed by atoms with Gasteiger partial charge in [0.15, 0.2) is 0 Å². The molecule has 0 heterocycles. The van der Waals surface area contributed by atoms with Crippen molar-refractivity contribution in [2.24, 2.45) is 5.92 Å². The highest BCUT2D eigenvalue weighted by Gasteiger charge is 2.31. The summed E-state index contributed by atoms with van der Waals surface area (Å²) in [5, 5.41) is 0. The molecule has 0 atom stereocenters. The number of rotatable bonds is 8. The molecule has 2 aromatic rings. The van der Waals surface area contributed by atoms with Gasteiger partial charge in [0.05, 0.1) is 24.0 Å². The first-order valence-electron chi connectivity index (χ1n) is 12.2. The second-order valence-corrected chi connectivity index (χ2v) is 9.95. The molecule has 3 rings (SSSR count). The molecule has 4 heteroatoms. The summed E-state index contributed by atoms with van der Waals surface area (Å²) in [6, 6.07) is 12.2. The molecule has 178 valence electrons. The zero-order valence-electron chi connectivity index (χ0n) is 21.5. The van der Waals surface area contributed by atoms with Crippen molar-refractivity contribution in [2.75, 3.05) is 18.1 Å². The Bertz CT molecular complexity index is 1020. The number of carbonyl (C=O) groups excluding carboxylic acids is 1. The van der Waals surface area contributed by atoms with Crippen molar-refractivity contribution >= 4 is 22.9 Å². The summed E-state index contributed by atoms with van der Waals surface area (Å²) >= 11 is 0.